The summed E-state index contributed by atoms with van der Waals surface area (Å²) in [7, 11) is 3.84. The van der Waals surface area contributed by atoms with Crippen molar-refractivity contribution in [2.75, 3.05) is 7.05 Å². The summed E-state index contributed by atoms with van der Waals surface area (Å²) in [6, 6.07) is 0.691. The molecule has 0 radical (unpaired) electrons. The van der Waals surface area contributed by atoms with E-state index in [-0.39, 0.29) is 0 Å². The zero-order chi connectivity index (χ0) is 9.97. The number of hydrogen-bond donors (Lipinski definition) is 1. The van der Waals surface area contributed by atoms with E-state index in [2.05, 4.69) is 20.7 Å². The highest BCUT2D eigenvalue weighted by atomic mass is 15.6. The predicted octanol–water partition coefficient (Wildman–Crippen LogP) is 0.141. The molecule has 1 aromatic rings. The van der Waals surface area contributed by atoms with Crippen LogP contribution >= 0.6 is 0 Å². The molecule has 1 N–H and O–H groups in total. The Balaban J connectivity index is 1.87. The molecular formula is C9H17N5. The maximum Gasteiger partial charge on any atom is 0.175 e. The fourth-order valence-electron chi connectivity index (χ4n) is 2.19. The summed E-state index contributed by atoms with van der Waals surface area (Å²) in [4.78, 5) is 1.53. The Morgan fingerprint density at radius 3 is 2.93 bits per heavy atom. The molecule has 1 aliphatic carbocycles. The third-order valence-corrected chi connectivity index (χ3v) is 2.97. The molecule has 0 spiro atoms. The Bertz CT molecular complexity index is 295. The average molecular weight is 195 g/mol. The standard InChI is InChI=1S/C9H17N5/c1-10-8-4-3-7(5-8)6-9-11-13-14(2)12-9/h7-8,10H,3-6H2,1-2H3. The molecule has 5 nitrogen and oxygen atoms in total. The minimum absolute atomic E-state index is 0.691. The van der Waals surface area contributed by atoms with E-state index < -0.39 is 0 Å². The summed E-state index contributed by atoms with van der Waals surface area (Å²) >= 11 is 0. The number of nitrogens with one attached hydrogen (secondary N) is 1. The minimum atomic E-state index is 0.691. The summed E-state index contributed by atoms with van der Waals surface area (Å²) in [5.41, 5.74) is 0. The van der Waals surface area contributed by atoms with Gasteiger partial charge in [0.15, 0.2) is 5.82 Å². The molecule has 2 unspecified atom stereocenters. The monoisotopic (exact) mass is 195 g/mol. The number of tetrazole rings is 1. The number of hydrogen-bond acceptors (Lipinski definition) is 4. The molecule has 14 heavy (non-hydrogen) atoms. The van der Waals surface area contributed by atoms with Gasteiger partial charge in [-0.25, -0.2) is 0 Å². The van der Waals surface area contributed by atoms with Gasteiger partial charge in [0.1, 0.15) is 0 Å². The quantitative estimate of drug-likeness (QED) is 0.745. The van der Waals surface area contributed by atoms with Crippen LogP contribution in [-0.4, -0.2) is 33.3 Å². The van der Waals surface area contributed by atoms with Gasteiger partial charge in [-0.05, 0) is 37.4 Å². The van der Waals surface area contributed by atoms with Crippen molar-refractivity contribution in [2.45, 2.75) is 31.7 Å². The Hall–Kier alpha value is -0.970. The molecule has 0 aromatic carbocycles. The number of nitrogens with zero attached hydrogens (tertiary/aromatic N) is 4. The lowest BCUT2D eigenvalue weighted by Gasteiger charge is -2.07. The van der Waals surface area contributed by atoms with Crippen LogP contribution in [0, 0.1) is 5.92 Å². The zero-order valence-corrected chi connectivity index (χ0v) is 8.77. The summed E-state index contributed by atoms with van der Waals surface area (Å²) < 4.78 is 0. The van der Waals surface area contributed by atoms with Crippen LogP contribution in [0.1, 0.15) is 25.1 Å². The van der Waals surface area contributed by atoms with Crippen LogP contribution in [0.5, 0.6) is 0 Å². The van der Waals surface area contributed by atoms with Crippen molar-refractivity contribution in [2.24, 2.45) is 13.0 Å². The van der Waals surface area contributed by atoms with Crippen LogP contribution < -0.4 is 5.32 Å². The minimum Gasteiger partial charge on any atom is -0.317 e. The first-order chi connectivity index (χ1) is 6.78. The maximum atomic E-state index is 4.20. The van der Waals surface area contributed by atoms with E-state index in [9.17, 15) is 0 Å². The first kappa shape index (κ1) is 9.58. The SMILES string of the molecule is CNC1CCC(Cc2nnn(C)n2)C1. The fraction of sp³-hybridized carbons (Fsp3) is 0.889. The smallest absolute Gasteiger partial charge is 0.175 e. The molecular weight excluding hydrogens is 178 g/mol. The summed E-state index contributed by atoms with van der Waals surface area (Å²) in [6.45, 7) is 0. The number of aryl methyl sites for hydroxylation is 1. The molecule has 2 rings (SSSR count). The zero-order valence-electron chi connectivity index (χ0n) is 8.77. The molecule has 1 fully saturated rings. The first-order valence-corrected chi connectivity index (χ1v) is 5.18. The molecule has 78 valence electrons. The lowest BCUT2D eigenvalue weighted by atomic mass is 10.0. The molecule has 1 aromatic heterocycles. The van der Waals surface area contributed by atoms with Crippen LogP contribution in [0.25, 0.3) is 0 Å². The fourth-order valence-corrected chi connectivity index (χ4v) is 2.19. The van der Waals surface area contributed by atoms with Gasteiger partial charge in [0.2, 0.25) is 0 Å². The largest absolute Gasteiger partial charge is 0.317 e. The summed E-state index contributed by atoms with van der Waals surface area (Å²) in [5.74, 6) is 1.62. The number of rotatable bonds is 3. The van der Waals surface area contributed by atoms with Crippen LogP contribution in [0.15, 0.2) is 0 Å². The van der Waals surface area contributed by atoms with Crippen molar-refractivity contribution in [1.82, 2.24) is 25.5 Å². The Morgan fingerprint density at radius 1 is 1.50 bits per heavy atom. The first-order valence-electron chi connectivity index (χ1n) is 5.18. The molecule has 1 saturated carbocycles. The van der Waals surface area contributed by atoms with Crippen LogP contribution in [0.2, 0.25) is 0 Å². The van der Waals surface area contributed by atoms with Crippen molar-refractivity contribution in [3.8, 4) is 0 Å². The van der Waals surface area contributed by atoms with Gasteiger partial charge < -0.3 is 5.32 Å². The van der Waals surface area contributed by atoms with Gasteiger partial charge in [0, 0.05) is 12.5 Å². The lowest BCUT2D eigenvalue weighted by molar-refractivity contribution is 0.498. The van der Waals surface area contributed by atoms with E-state index in [0.29, 0.717) is 6.04 Å². The van der Waals surface area contributed by atoms with Crippen LogP contribution in [0.4, 0.5) is 0 Å². The van der Waals surface area contributed by atoms with Gasteiger partial charge >= 0.3 is 0 Å². The van der Waals surface area contributed by atoms with Crippen molar-refractivity contribution in [3.63, 3.8) is 0 Å². The Morgan fingerprint density at radius 2 is 2.36 bits per heavy atom. The topological polar surface area (TPSA) is 55.6 Å². The van der Waals surface area contributed by atoms with Gasteiger partial charge in [0.25, 0.3) is 0 Å². The Kier molecular flexibility index (Phi) is 2.77. The van der Waals surface area contributed by atoms with E-state index in [1.54, 1.807) is 0 Å². The third-order valence-electron chi connectivity index (χ3n) is 2.97. The normalized spacial score (nSPS) is 27.0. The van der Waals surface area contributed by atoms with Crippen LogP contribution in [0.3, 0.4) is 0 Å². The van der Waals surface area contributed by atoms with E-state index in [4.69, 9.17) is 0 Å². The second-order valence-corrected chi connectivity index (χ2v) is 4.06. The molecule has 0 aliphatic heterocycles. The molecule has 0 amide bonds. The van der Waals surface area contributed by atoms with Gasteiger partial charge in [-0.1, -0.05) is 0 Å². The van der Waals surface area contributed by atoms with Gasteiger partial charge in [-0.2, -0.15) is 4.80 Å². The van der Waals surface area contributed by atoms with Gasteiger partial charge in [-0.15, -0.1) is 10.2 Å². The molecule has 0 saturated heterocycles. The molecule has 1 heterocycles. The highest BCUT2D eigenvalue weighted by Gasteiger charge is 2.24. The lowest BCUT2D eigenvalue weighted by Crippen LogP contribution is -2.21. The van der Waals surface area contributed by atoms with Crippen molar-refractivity contribution >= 4 is 0 Å². The molecule has 2 atom stereocenters. The molecule has 0 bridgehead atoms. The van der Waals surface area contributed by atoms with Crippen LogP contribution in [-0.2, 0) is 13.5 Å². The highest BCUT2D eigenvalue weighted by molar-refractivity contribution is 4.87. The maximum absolute atomic E-state index is 4.20. The summed E-state index contributed by atoms with van der Waals surface area (Å²) in [5, 5.41) is 15.4. The van der Waals surface area contributed by atoms with Crippen molar-refractivity contribution in [3.05, 3.63) is 5.82 Å². The van der Waals surface area contributed by atoms with Gasteiger partial charge in [0.05, 0.1) is 7.05 Å². The Labute approximate surface area is 83.9 Å². The van der Waals surface area contributed by atoms with Crippen molar-refractivity contribution < 1.29 is 0 Å². The second-order valence-electron chi connectivity index (χ2n) is 4.06. The van der Waals surface area contributed by atoms with Gasteiger partial charge in [-0.3, -0.25) is 0 Å². The van der Waals surface area contributed by atoms with E-state index >= 15 is 0 Å². The summed E-state index contributed by atoms with van der Waals surface area (Å²) in [6.07, 6.45) is 4.78. The average Bonchev–Trinajstić information content (AvgIpc) is 2.76. The third kappa shape index (κ3) is 2.09. The van der Waals surface area contributed by atoms with E-state index in [1.807, 2.05) is 14.1 Å². The van der Waals surface area contributed by atoms with E-state index in [1.165, 1.54) is 24.1 Å². The predicted molar refractivity (Wildman–Crippen MR) is 52.7 cm³/mol. The second kappa shape index (κ2) is 4.04. The van der Waals surface area contributed by atoms with E-state index in [0.717, 1.165) is 18.2 Å². The number of aromatic nitrogens is 4. The highest BCUT2D eigenvalue weighted by Crippen LogP contribution is 2.27. The van der Waals surface area contributed by atoms with Crippen molar-refractivity contribution in [1.29, 1.82) is 0 Å². The molecule has 1 aliphatic rings. The molecule has 5 heteroatoms.